The Labute approximate surface area is 238 Å². The van der Waals surface area contributed by atoms with E-state index < -0.39 is 75.4 Å². The minimum absolute atomic E-state index is 0.0327. The van der Waals surface area contributed by atoms with Crippen LogP contribution in [-0.2, 0) is 24.8 Å². The fourth-order valence-electron chi connectivity index (χ4n) is 5.23. The van der Waals surface area contributed by atoms with Crippen LogP contribution < -0.4 is 5.32 Å². The van der Waals surface area contributed by atoms with Crippen molar-refractivity contribution in [1.29, 1.82) is 5.26 Å². The molecule has 11 nitrogen and oxygen atoms in total. The number of halogens is 3. The molecule has 210 valence electrons. The molecule has 0 radical (unpaired) electrons. The van der Waals surface area contributed by atoms with Crippen LogP contribution in [0.1, 0.15) is 25.0 Å². The number of nitrogens with zero attached hydrogens (tertiary/aromatic N) is 4. The van der Waals surface area contributed by atoms with Crippen molar-refractivity contribution in [3.05, 3.63) is 58.1 Å². The lowest BCUT2D eigenvalue weighted by Crippen LogP contribution is -2.69. The van der Waals surface area contributed by atoms with E-state index in [-0.39, 0.29) is 27.1 Å². The van der Waals surface area contributed by atoms with E-state index in [2.05, 4.69) is 10.3 Å². The van der Waals surface area contributed by atoms with Gasteiger partial charge in [0.25, 0.3) is 0 Å². The Kier molecular flexibility index (Phi) is 6.92. The van der Waals surface area contributed by atoms with E-state index in [0.717, 1.165) is 22.1 Å². The summed E-state index contributed by atoms with van der Waals surface area (Å²) >= 11 is 12.0. The molecule has 1 aromatic carbocycles. The van der Waals surface area contributed by atoms with Crippen molar-refractivity contribution in [2.45, 2.75) is 46.4 Å². The molecule has 40 heavy (non-hydrogen) atoms. The van der Waals surface area contributed by atoms with E-state index in [1.165, 1.54) is 18.2 Å². The summed E-state index contributed by atoms with van der Waals surface area (Å²) in [5, 5.41) is 20.2. The van der Waals surface area contributed by atoms with E-state index in [0.29, 0.717) is 12.8 Å². The van der Waals surface area contributed by atoms with Gasteiger partial charge in [0.15, 0.2) is 9.84 Å². The van der Waals surface area contributed by atoms with Crippen molar-refractivity contribution in [3.63, 3.8) is 0 Å². The predicted octanol–water partition coefficient (Wildman–Crippen LogP) is 2.37. The van der Waals surface area contributed by atoms with Crippen molar-refractivity contribution in [2.75, 3.05) is 19.6 Å². The molecule has 1 aromatic heterocycles. The molecule has 2 aliphatic heterocycles. The summed E-state index contributed by atoms with van der Waals surface area (Å²) in [7, 11) is -4.16. The van der Waals surface area contributed by atoms with E-state index in [4.69, 9.17) is 23.2 Å². The van der Waals surface area contributed by atoms with Crippen molar-refractivity contribution >= 4 is 50.9 Å². The second kappa shape index (κ2) is 9.87. The van der Waals surface area contributed by atoms with Crippen molar-refractivity contribution in [3.8, 4) is 6.07 Å². The average molecular weight is 610 g/mol. The second-order valence-corrected chi connectivity index (χ2v) is 13.2. The van der Waals surface area contributed by atoms with Crippen LogP contribution in [0.4, 0.5) is 9.18 Å². The maximum Gasteiger partial charge on any atom is 0.407 e. The van der Waals surface area contributed by atoms with Crippen LogP contribution in [0.2, 0.25) is 10.0 Å². The van der Waals surface area contributed by atoms with Crippen molar-refractivity contribution in [1.82, 2.24) is 20.1 Å². The fraction of sp³-hybridized carbons (Fsp3) is 0.400. The minimum atomic E-state index is -4.16. The highest BCUT2D eigenvalue weighted by Gasteiger charge is 2.60. The lowest BCUT2D eigenvalue weighted by atomic mass is 9.74. The Morgan fingerprint density at radius 3 is 2.45 bits per heavy atom. The average Bonchev–Trinajstić information content (AvgIpc) is 3.49. The van der Waals surface area contributed by atoms with Gasteiger partial charge in [0.05, 0.1) is 32.0 Å². The first-order valence-electron chi connectivity index (χ1n) is 12.2. The van der Waals surface area contributed by atoms with Crippen LogP contribution in [0.15, 0.2) is 41.4 Å². The van der Waals surface area contributed by atoms with Crippen LogP contribution >= 0.6 is 23.2 Å². The normalized spacial score (nSPS) is 22.6. The number of likely N-dealkylation sites (tertiary alicyclic amines) is 2. The molecule has 1 saturated carbocycles. The summed E-state index contributed by atoms with van der Waals surface area (Å²) in [6.07, 6.45) is 0.240. The van der Waals surface area contributed by atoms with Gasteiger partial charge < -0.3 is 20.2 Å². The molecule has 3 fully saturated rings. The molecule has 2 saturated heterocycles. The van der Waals surface area contributed by atoms with Crippen LogP contribution in [0.3, 0.4) is 0 Å². The third-order valence-electron chi connectivity index (χ3n) is 7.60. The van der Waals surface area contributed by atoms with Crippen LogP contribution in [0.25, 0.3) is 0 Å². The van der Waals surface area contributed by atoms with Gasteiger partial charge >= 0.3 is 6.09 Å². The first-order valence-corrected chi connectivity index (χ1v) is 14.5. The van der Waals surface area contributed by atoms with Gasteiger partial charge in [0.1, 0.15) is 22.8 Å². The number of sulfone groups is 1. The summed E-state index contributed by atoms with van der Waals surface area (Å²) in [6, 6.07) is 7.38. The molecule has 2 N–H and O–H groups in total. The zero-order valence-electron chi connectivity index (χ0n) is 20.7. The Morgan fingerprint density at radius 2 is 1.88 bits per heavy atom. The first-order chi connectivity index (χ1) is 18.8. The number of hydrogen-bond acceptors (Lipinski definition) is 7. The van der Waals surface area contributed by atoms with Gasteiger partial charge in [-0.1, -0.05) is 35.3 Å². The molecular formula is C25H22Cl2FN5O6S. The molecule has 3 aliphatic rings. The molecule has 2 aromatic rings. The van der Waals surface area contributed by atoms with Gasteiger partial charge in [-0.25, -0.2) is 17.6 Å². The summed E-state index contributed by atoms with van der Waals surface area (Å²) in [4.78, 5) is 44.9. The number of carbonyl (C=O) groups is 3. The molecule has 0 spiro atoms. The van der Waals surface area contributed by atoms with E-state index in [1.807, 2.05) is 6.07 Å². The molecule has 0 bridgehead atoms. The van der Waals surface area contributed by atoms with Crippen molar-refractivity contribution in [2.24, 2.45) is 0 Å². The van der Waals surface area contributed by atoms with Crippen LogP contribution in [-0.4, -0.2) is 82.7 Å². The highest BCUT2D eigenvalue weighted by atomic mass is 35.5. The second-order valence-electron chi connectivity index (χ2n) is 10.2. The van der Waals surface area contributed by atoms with E-state index in [1.54, 1.807) is 6.07 Å². The number of amides is 3. The number of benzene rings is 1. The Hall–Kier alpha value is -3.47. The molecule has 3 amide bonds. The zero-order valence-corrected chi connectivity index (χ0v) is 23.0. The summed E-state index contributed by atoms with van der Waals surface area (Å²) in [5.74, 6) is -2.55. The highest BCUT2D eigenvalue weighted by Crippen LogP contribution is 2.41. The topological polar surface area (TPSA) is 161 Å². The third-order valence-corrected chi connectivity index (χ3v) is 10.4. The number of rotatable bonds is 6. The summed E-state index contributed by atoms with van der Waals surface area (Å²) < 4.78 is 42.3. The zero-order chi connectivity index (χ0) is 29.0. The molecule has 3 heterocycles. The molecule has 2 atom stereocenters. The van der Waals surface area contributed by atoms with Crippen LogP contribution in [0, 0.1) is 17.1 Å². The monoisotopic (exact) mass is 609 g/mol. The maximum absolute atomic E-state index is 15.1. The Bertz CT molecular complexity index is 1570. The predicted molar refractivity (Wildman–Crippen MR) is 139 cm³/mol. The smallest absolute Gasteiger partial charge is 0.407 e. The van der Waals surface area contributed by atoms with Gasteiger partial charge in [-0.15, -0.1) is 0 Å². The highest BCUT2D eigenvalue weighted by molar-refractivity contribution is 7.92. The van der Waals surface area contributed by atoms with Crippen LogP contribution in [0.5, 0.6) is 0 Å². The molecule has 0 unspecified atom stereocenters. The maximum atomic E-state index is 15.1. The number of carbonyl (C=O) groups excluding carboxylic acids is 2. The minimum Gasteiger partial charge on any atom is -0.465 e. The Balaban J connectivity index is 1.55. The first kappa shape index (κ1) is 28.1. The number of aromatic nitrogens is 1. The SMILES string of the molecule is N#CC1(NC(=O)[C@@H]2C[C@@H](S(=O)(=O)c3ccccc3Cl)CN2C(=O)C2(c3ncc(Cl)cc3F)CN(C(=O)O)C2)CC1. The van der Waals surface area contributed by atoms with E-state index >= 15 is 4.39 Å². The van der Waals surface area contributed by atoms with Gasteiger partial charge in [0, 0.05) is 25.8 Å². The quantitative estimate of drug-likeness (QED) is 0.504. The lowest BCUT2D eigenvalue weighted by Gasteiger charge is -2.48. The van der Waals surface area contributed by atoms with Crippen molar-refractivity contribution < 1.29 is 32.3 Å². The number of nitriles is 1. The largest absolute Gasteiger partial charge is 0.465 e. The van der Waals surface area contributed by atoms with Gasteiger partial charge in [0.2, 0.25) is 11.8 Å². The standard InChI is InChI=1S/C25H22Cl2FN5O6S/c26-14-7-17(28)20(30-9-14)25(12-32(13-25)23(36)37)22(35)33-10-15(40(38,39)19-4-2-1-3-16(19)27)8-18(33)21(34)31-24(11-29)5-6-24/h1-4,7,9,15,18H,5-6,8,10,12-13H2,(H,31,34)(H,36,37)/t15-,18+/m1/s1. The summed E-state index contributed by atoms with van der Waals surface area (Å²) in [5.41, 5.74) is -3.31. The fourth-order valence-corrected chi connectivity index (χ4v) is 7.59. The molecule has 1 aliphatic carbocycles. The number of pyridine rings is 1. The summed E-state index contributed by atoms with van der Waals surface area (Å²) in [6.45, 7) is -1.39. The number of nitrogens with one attached hydrogen (secondary N) is 1. The third kappa shape index (κ3) is 4.63. The molecule has 5 rings (SSSR count). The molecule has 15 heteroatoms. The lowest BCUT2D eigenvalue weighted by molar-refractivity contribution is -0.148. The van der Waals surface area contributed by atoms with Gasteiger partial charge in [-0.3, -0.25) is 14.6 Å². The number of hydrogen-bond donors (Lipinski definition) is 2. The number of carboxylic acid groups (broad SMARTS) is 1. The van der Waals surface area contributed by atoms with E-state index in [9.17, 15) is 33.2 Å². The Morgan fingerprint density at radius 1 is 1.20 bits per heavy atom. The van der Waals surface area contributed by atoms with Gasteiger partial charge in [-0.05, 0) is 37.5 Å². The van der Waals surface area contributed by atoms with Gasteiger partial charge in [-0.2, -0.15) is 5.26 Å². The molecular weight excluding hydrogens is 588 g/mol.